The molecule has 1 atom stereocenters. The molecule has 128 valence electrons. The molecule has 1 unspecified atom stereocenters. The standard InChI is InChI=1S/C20H20N2O2S/c1-12-5-7-17-14(10-12)4-3-9-22(17)20(24)15-6-8-18-16(11-15)21-19(23)13(2)25-18/h5-8,10-11,13H,3-4,9H2,1-2H3,(H,21,23). The third kappa shape index (κ3) is 2.93. The predicted octanol–water partition coefficient (Wildman–Crippen LogP) is 4.02. The minimum Gasteiger partial charge on any atom is -0.324 e. The van der Waals surface area contributed by atoms with Gasteiger partial charge in [0, 0.05) is 22.7 Å². The predicted molar refractivity (Wildman–Crippen MR) is 102 cm³/mol. The number of benzene rings is 2. The maximum Gasteiger partial charge on any atom is 0.258 e. The van der Waals surface area contributed by atoms with Crippen molar-refractivity contribution in [1.29, 1.82) is 0 Å². The van der Waals surface area contributed by atoms with Crippen molar-refractivity contribution >= 4 is 35.0 Å². The van der Waals surface area contributed by atoms with Gasteiger partial charge in [-0.2, -0.15) is 0 Å². The molecule has 25 heavy (non-hydrogen) atoms. The van der Waals surface area contributed by atoms with E-state index in [-0.39, 0.29) is 17.1 Å². The zero-order valence-electron chi connectivity index (χ0n) is 14.3. The number of carbonyl (C=O) groups excluding carboxylic acids is 2. The molecule has 0 saturated heterocycles. The van der Waals surface area contributed by atoms with Gasteiger partial charge in [-0.05, 0) is 56.5 Å². The minimum atomic E-state index is -0.105. The summed E-state index contributed by atoms with van der Waals surface area (Å²) in [4.78, 5) is 27.9. The van der Waals surface area contributed by atoms with Crippen LogP contribution in [0.3, 0.4) is 0 Å². The van der Waals surface area contributed by atoms with Crippen molar-refractivity contribution in [2.45, 2.75) is 36.8 Å². The van der Waals surface area contributed by atoms with Crippen molar-refractivity contribution in [1.82, 2.24) is 0 Å². The molecule has 0 aromatic heterocycles. The Morgan fingerprint density at radius 3 is 2.92 bits per heavy atom. The van der Waals surface area contributed by atoms with Crippen LogP contribution in [-0.4, -0.2) is 23.6 Å². The number of fused-ring (bicyclic) bond motifs is 2. The highest BCUT2D eigenvalue weighted by atomic mass is 32.2. The quantitative estimate of drug-likeness (QED) is 0.843. The van der Waals surface area contributed by atoms with E-state index in [1.807, 2.05) is 30.0 Å². The van der Waals surface area contributed by atoms with E-state index in [9.17, 15) is 9.59 Å². The van der Waals surface area contributed by atoms with Gasteiger partial charge in [0.15, 0.2) is 0 Å². The highest BCUT2D eigenvalue weighted by Gasteiger charge is 2.27. The molecule has 2 aliphatic rings. The Morgan fingerprint density at radius 1 is 1.24 bits per heavy atom. The van der Waals surface area contributed by atoms with Crippen molar-refractivity contribution in [3.05, 3.63) is 53.1 Å². The molecule has 2 aromatic carbocycles. The second-order valence-corrected chi connectivity index (χ2v) is 8.04. The first-order valence-electron chi connectivity index (χ1n) is 8.56. The molecule has 2 aromatic rings. The molecule has 0 fully saturated rings. The fourth-order valence-electron chi connectivity index (χ4n) is 3.43. The van der Waals surface area contributed by atoms with Gasteiger partial charge in [0.05, 0.1) is 10.9 Å². The van der Waals surface area contributed by atoms with Crippen LogP contribution in [0.5, 0.6) is 0 Å². The van der Waals surface area contributed by atoms with Crippen molar-refractivity contribution in [3.63, 3.8) is 0 Å². The summed E-state index contributed by atoms with van der Waals surface area (Å²) in [6.07, 6.45) is 1.98. The Bertz CT molecular complexity index is 878. The molecule has 2 heterocycles. The number of nitrogens with one attached hydrogen (secondary N) is 1. The van der Waals surface area contributed by atoms with Gasteiger partial charge >= 0.3 is 0 Å². The molecular weight excluding hydrogens is 332 g/mol. The van der Waals surface area contributed by atoms with Gasteiger partial charge in [-0.15, -0.1) is 11.8 Å². The van der Waals surface area contributed by atoms with Crippen LogP contribution in [0.2, 0.25) is 0 Å². The number of carbonyl (C=O) groups is 2. The summed E-state index contributed by atoms with van der Waals surface area (Å²) in [5.74, 6) is -0.0219. The molecule has 1 N–H and O–H groups in total. The fraction of sp³-hybridized carbons (Fsp3) is 0.300. The van der Waals surface area contributed by atoms with Crippen molar-refractivity contribution in [2.24, 2.45) is 0 Å². The fourth-order valence-corrected chi connectivity index (χ4v) is 4.36. The lowest BCUT2D eigenvalue weighted by molar-refractivity contribution is -0.115. The van der Waals surface area contributed by atoms with Gasteiger partial charge in [0.25, 0.3) is 5.91 Å². The molecule has 4 nitrogen and oxygen atoms in total. The lowest BCUT2D eigenvalue weighted by Crippen LogP contribution is -2.35. The Hall–Kier alpha value is -2.27. The van der Waals surface area contributed by atoms with E-state index in [4.69, 9.17) is 0 Å². The summed E-state index contributed by atoms with van der Waals surface area (Å²) < 4.78 is 0. The van der Waals surface area contributed by atoms with Gasteiger partial charge in [-0.25, -0.2) is 0 Å². The summed E-state index contributed by atoms with van der Waals surface area (Å²) in [6, 6.07) is 11.9. The topological polar surface area (TPSA) is 49.4 Å². The number of hydrogen-bond acceptors (Lipinski definition) is 3. The van der Waals surface area contributed by atoms with Gasteiger partial charge in [-0.3, -0.25) is 9.59 Å². The largest absolute Gasteiger partial charge is 0.324 e. The first-order chi connectivity index (χ1) is 12.0. The number of hydrogen-bond donors (Lipinski definition) is 1. The van der Waals surface area contributed by atoms with Crippen molar-refractivity contribution in [2.75, 3.05) is 16.8 Å². The lowest BCUT2D eigenvalue weighted by Gasteiger charge is -2.30. The van der Waals surface area contributed by atoms with Gasteiger partial charge in [-0.1, -0.05) is 17.7 Å². The number of aryl methyl sites for hydroxylation is 2. The highest BCUT2D eigenvalue weighted by Crippen LogP contribution is 2.37. The Morgan fingerprint density at radius 2 is 2.08 bits per heavy atom. The van der Waals surface area contributed by atoms with E-state index in [1.54, 1.807) is 6.07 Å². The first kappa shape index (κ1) is 16.2. The number of amides is 2. The monoisotopic (exact) mass is 352 g/mol. The maximum absolute atomic E-state index is 13.1. The van der Waals surface area contributed by atoms with Crippen LogP contribution >= 0.6 is 11.8 Å². The highest BCUT2D eigenvalue weighted by molar-refractivity contribution is 8.00. The number of nitrogens with zero attached hydrogens (tertiary/aromatic N) is 1. The second-order valence-electron chi connectivity index (χ2n) is 6.65. The average Bonchev–Trinajstić information content (AvgIpc) is 2.61. The van der Waals surface area contributed by atoms with E-state index < -0.39 is 0 Å². The zero-order chi connectivity index (χ0) is 17.6. The van der Waals surface area contributed by atoms with Crippen molar-refractivity contribution in [3.8, 4) is 0 Å². The van der Waals surface area contributed by atoms with E-state index in [0.717, 1.165) is 35.7 Å². The number of rotatable bonds is 1. The molecular formula is C20H20N2O2S. The molecule has 2 aliphatic heterocycles. The Balaban J connectivity index is 1.67. The van der Waals surface area contributed by atoms with Crippen molar-refractivity contribution < 1.29 is 9.59 Å². The van der Waals surface area contributed by atoms with Crippen LogP contribution in [-0.2, 0) is 11.2 Å². The van der Waals surface area contributed by atoms with E-state index in [0.29, 0.717) is 5.56 Å². The summed E-state index contributed by atoms with van der Waals surface area (Å²) >= 11 is 1.53. The lowest BCUT2D eigenvalue weighted by atomic mass is 9.98. The minimum absolute atomic E-state index is 0.00882. The maximum atomic E-state index is 13.1. The summed E-state index contributed by atoms with van der Waals surface area (Å²) in [5.41, 5.74) is 4.81. The van der Waals surface area contributed by atoms with Gasteiger partial charge in [0.2, 0.25) is 5.91 Å². The van der Waals surface area contributed by atoms with Gasteiger partial charge < -0.3 is 10.2 Å². The van der Waals surface area contributed by atoms with E-state index >= 15 is 0 Å². The smallest absolute Gasteiger partial charge is 0.258 e. The molecule has 0 saturated carbocycles. The third-order valence-electron chi connectivity index (χ3n) is 4.76. The first-order valence-corrected chi connectivity index (χ1v) is 9.44. The molecule has 0 spiro atoms. The average molecular weight is 352 g/mol. The van der Waals surface area contributed by atoms with Crippen LogP contribution in [0.4, 0.5) is 11.4 Å². The van der Waals surface area contributed by atoms with Crippen LogP contribution in [0.1, 0.15) is 34.8 Å². The number of thioether (sulfide) groups is 1. The van der Waals surface area contributed by atoms with Crippen LogP contribution in [0.15, 0.2) is 41.3 Å². The third-order valence-corrected chi connectivity index (χ3v) is 5.93. The van der Waals surface area contributed by atoms with Crippen LogP contribution in [0.25, 0.3) is 0 Å². The molecule has 0 radical (unpaired) electrons. The Kier molecular flexibility index (Phi) is 4.04. The van der Waals surface area contributed by atoms with Crippen LogP contribution in [0, 0.1) is 6.92 Å². The zero-order valence-corrected chi connectivity index (χ0v) is 15.2. The summed E-state index contributed by atoms with van der Waals surface area (Å²) in [5, 5.41) is 2.80. The normalized spacial score (nSPS) is 19.0. The number of anilines is 2. The summed E-state index contributed by atoms with van der Waals surface area (Å²) in [7, 11) is 0. The Labute approximate surface area is 151 Å². The molecule has 4 rings (SSSR count). The second kappa shape index (κ2) is 6.23. The molecule has 0 bridgehead atoms. The summed E-state index contributed by atoms with van der Waals surface area (Å²) in [6.45, 7) is 4.69. The molecule has 2 amide bonds. The SMILES string of the molecule is Cc1ccc2c(c1)CCCN2C(=O)c1ccc2c(c1)NC(=O)C(C)S2. The molecule has 5 heteroatoms. The molecule has 0 aliphatic carbocycles. The van der Waals surface area contributed by atoms with Crippen LogP contribution < -0.4 is 10.2 Å². The van der Waals surface area contributed by atoms with E-state index in [2.05, 4.69) is 24.4 Å². The van der Waals surface area contributed by atoms with Gasteiger partial charge in [0.1, 0.15) is 0 Å². The van der Waals surface area contributed by atoms with E-state index in [1.165, 1.54) is 22.9 Å².